The summed E-state index contributed by atoms with van der Waals surface area (Å²) < 4.78 is 39.4. The van der Waals surface area contributed by atoms with Crippen LogP contribution in [0.1, 0.15) is 31.7 Å². The molecule has 1 aromatic rings. The Morgan fingerprint density at radius 2 is 1.63 bits per heavy atom. The Morgan fingerprint density at radius 1 is 1.00 bits per heavy atom. The van der Waals surface area contributed by atoms with E-state index in [1.54, 1.807) is 6.92 Å². The predicted molar refractivity (Wildman–Crippen MR) is 108 cm³/mol. The number of piperidine rings is 1. The number of nitrogens with zero attached hydrogens (tertiary/aromatic N) is 3. The molecule has 2 fully saturated rings. The first-order valence-electron chi connectivity index (χ1n) is 10.5. The second kappa shape index (κ2) is 9.78. The van der Waals surface area contributed by atoms with Gasteiger partial charge in [0, 0.05) is 39.3 Å². The molecule has 2 aliphatic heterocycles. The Hall–Kier alpha value is -2.13. The van der Waals surface area contributed by atoms with Gasteiger partial charge in [0.05, 0.1) is 23.8 Å². The van der Waals surface area contributed by atoms with Crippen LogP contribution in [-0.2, 0) is 15.8 Å². The van der Waals surface area contributed by atoms with Gasteiger partial charge in [0.15, 0.2) is 0 Å². The zero-order valence-electron chi connectivity index (χ0n) is 17.2. The van der Waals surface area contributed by atoms with E-state index in [2.05, 4.69) is 10.2 Å². The Bertz CT molecular complexity index is 742. The summed E-state index contributed by atoms with van der Waals surface area (Å²) >= 11 is 0. The molecule has 0 radical (unpaired) electrons. The highest BCUT2D eigenvalue weighted by Gasteiger charge is 2.34. The summed E-state index contributed by atoms with van der Waals surface area (Å²) in [6, 6.07) is 4.42. The molecule has 6 nitrogen and oxygen atoms in total. The van der Waals surface area contributed by atoms with Crippen molar-refractivity contribution < 1.29 is 22.8 Å². The maximum atomic E-state index is 13.1. The minimum Gasteiger partial charge on any atom is -0.342 e. The molecule has 30 heavy (non-hydrogen) atoms. The number of hydrogen-bond donors (Lipinski definition) is 1. The standard InChI is InChI=1S/C21H29F3N4O2/c1-16(20(30)25-18-8-4-3-7-17(18)21(22,23)24)27-13-11-26(12-14-27)15-19(29)28-9-5-2-6-10-28/h3-4,7-8,16H,2,5-6,9-15H2,1H3,(H,25,30). The van der Waals surface area contributed by atoms with Gasteiger partial charge in [0.25, 0.3) is 0 Å². The number of carbonyl (C=O) groups excluding carboxylic acids is 2. The van der Waals surface area contributed by atoms with Crippen LogP contribution in [0, 0.1) is 0 Å². The van der Waals surface area contributed by atoms with Crippen LogP contribution >= 0.6 is 0 Å². The first-order chi connectivity index (χ1) is 14.3. The van der Waals surface area contributed by atoms with Crippen molar-refractivity contribution in [1.82, 2.24) is 14.7 Å². The fraction of sp³-hybridized carbons (Fsp3) is 0.619. The van der Waals surface area contributed by atoms with Gasteiger partial charge in [-0.05, 0) is 38.3 Å². The summed E-state index contributed by atoms with van der Waals surface area (Å²) in [6.07, 6.45) is -1.23. The van der Waals surface area contributed by atoms with E-state index in [4.69, 9.17) is 0 Å². The van der Waals surface area contributed by atoms with Crippen molar-refractivity contribution in [3.63, 3.8) is 0 Å². The summed E-state index contributed by atoms with van der Waals surface area (Å²) in [5.74, 6) is -0.317. The minimum atomic E-state index is -4.53. The van der Waals surface area contributed by atoms with Crippen LogP contribution < -0.4 is 5.32 Å². The highest BCUT2D eigenvalue weighted by atomic mass is 19.4. The SMILES string of the molecule is CC(C(=O)Nc1ccccc1C(F)(F)F)N1CCN(CC(=O)N2CCCCC2)CC1. The predicted octanol–water partition coefficient (Wildman–Crippen LogP) is 2.66. The van der Waals surface area contributed by atoms with Crippen LogP contribution in [0.15, 0.2) is 24.3 Å². The van der Waals surface area contributed by atoms with Crippen molar-refractivity contribution >= 4 is 17.5 Å². The number of amides is 2. The van der Waals surface area contributed by atoms with E-state index >= 15 is 0 Å². The van der Waals surface area contributed by atoms with Crippen LogP contribution in [0.25, 0.3) is 0 Å². The van der Waals surface area contributed by atoms with Crippen LogP contribution in [0.4, 0.5) is 18.9 Å². The lowest BCUT2D eigenvalue weighted by molar-refractivity contribution is -0.137. The molecule has 2 amide bonds. The molecule has 2 saturated heterocycles. The number of likely N-dealkylation sites (tertiary alicyclic amines) is 1. The summed E-state index contributed by atoms with van der Waals surface area (Å²) in [6.45, 7) is 6.20. The highest BCUT2D eigenvalue weighted by Crippen LogP contribution is 2.34. The van der Waals surface area contributed by atoms with Crippen LogP contribution in [0.5, 0.6) is 0 Å². The molecule has 1 atom stereocenters. The highest BCUT2D eigenvalue weighted by molar-refractivity contribution is 5.95. The van der Waals surface area contributed by atoms with Gasteiger partial charge in [-0.25, -0.2) is 0 Å². The van der Waals surface area contributed by atoms with Gasteiger partial charge >= 0.3 is 6.18 Å². The number of benzene rings is 1. The summed E-state index contributed by atoms with van der Waals surface area (Å²) in [4.78, 5) is 30.9. The number of para-hydroxylation sites is 1. The van der Waals surface area contributed by atoms with Gasteiger partial charge in [-0.3, -0.25) is 19.4 Å². The van der Waals surface area contributed by atoms with Crippen molar-refractivity contribution in [3.05, 3.63) is 29.8 Å². The topological polar surface area (TPSA) is 55.9 Å². The van der Waals surface area contributed by atoms with Crippen molar-refractivity contribution in [2.24, 2.45) is 0 Å². The molecule has 0 aromatic heterocycles. The number of nitrogens with one attached hydrogen (secondary N) is 1. The normalized spacial score (nSPS) is 20.1. The maximum absolute atomic E-state index is 13.1. The molecule has 0 spiro atoms. The molecule has 1 N–H and O–H groups in total. The van der Waals surface area contributed by atoms with E-state index in [1.807, 2.05) is 9.80 Å². The first kappa shape index (κ1) is 22.6. The Morgan fingerprint density at radius 3 is 2.27 bits per heavy atom. The van der Waals surface area contributed by atoms with Gasteiger partial charge in [-0.2, -0.15) is 13.2 Å². The molecule has 166 valence electrons. The van der Waals surface area contributed by atoms with E-state index in [9.17, 15) is 22.8 Å². The van der Waals surface area contributed by atoms with E-state index in [0.29, 0.717) is 32.7 Å². The van der Waals surface area contributed by atoms with Gasteiger partial charge < -0.3 is 10.2 Å². The molecule has 3 rings (SSSR count). The number of halogens is 3. The zero-order chi connectivity index (χ0) is 21.7. The largest absolute Gasteiger partial charge is 0.418 e. The fourth-order valence-electron chi connectivity index (χ4n) is 3.99. The molecule has 0 saturated carbocycles. The lowest BCUT2D eigenvalue weighted by Gasteiger charge is -2.38. The van der Waals surface area contributed by atoms with Crippen LogP contribution in [-0.4, -0.2) is 78.4 Å². The molecular formula is C21H29F3N4O2. The number of rotatable bonds is 5. The lowest BCUT2D eigenvalue weighted by Crippen LogP contribution is -2.54. The molecule has 2 heterocycles. The molecule has 2 aliphatic rings. The van der Waals surface area contributed by atoms with Crippen molar-refractivity contribution in [1.29, 1.82) is 0 Å². The summed E-state index contributed by atoms with van der Waals surface area (Å²) in [7, 11) is 0. The third kappa shape index (κ3) is 5.72. The third-order valence-electron chi connectivity index (χ3n) is 5.89. The fourth-order valence-corrected chi connectivity index (χ4v) is 3.99. The molecule has 0 aliphatic carbocycles. The van der Waals surface area contributed by atoms with E-state index < -0.39 is 23.7 Å². The average molecular weight is 426 g/mol. The van der Waals surface area contributed by atoms with Gasteiger partial charge in [-0.15, -0.1) is 0 Å². The molecular weight excluding hydrogens is 397 g/mol. The molecule has 0 bridgehead atoms. The number of piperazine rings is 1. The average Bonchev–Trinajstić information content (AvgIpc) is 2.74. The van der Waals surface area contributed by atoms with E-state index in [-0.39, 0.29) is 11.6 Å². The third-order valence-corrected chi connectivity index (χ3v) is 5.89. The van der Waals surface area contributed by atoms with Crippen molar-refractivity contribution in [2.45, 2.75) is 38.4 Å². The summed E-state index contributed by atoms with van der Waals surface area (Å²) in [5, 5.41) is 2.43. The Balaban J connectivity index is 1.50. The number of alkyl halides is 3. The number of carbonyl (C=O) groups is 2. The maximum Gasteiger partial charge on any atom is 0.418 e. The monoisotopic (exact) mass is 426 g/mol. The number of anilines is 1. The van der Waals surface area contributed by atoms with Gasteiger partial charge in [-0.1, -0.05) is 12.1 Å². The van der Waals surface area contributed by atoms with Gasteiger partial charge in [0.1, 0.15) is 0 Å². The van der Waals surface area contributed by atoms with Crippen molar-refractivity contribution in [3.8, 4) is 0 Å². The lowest BCUT2D eigenvalue weighted by atomic mass is 10.1. The molecule has 1 unspecified atom stereocenters. The Kier molecular flexibility index (Phi) is 7.36. The van der Waals surface area contributed by atoms with Gasteiger partial charge in [0.2, 0.25) is 11.8 Å². The van der Waals surface area contributed by atoms with Crippen LogP contribution in [0.3, 0.4) is 0 Å². The molecule has 9 heteroatoms. The first-order valence-corrected chi connectivity index (χ1v) is 10.5. The quantitative estimate of drug-likeness (QED) is 0.787. The molecule has 1 aromatic carbocycles. The second-order valence-corrected chi connectivity index (χ2v) is 7.96. The second-order valence-electron chi connectivity index (χ2n) is 7.96. The summed E-state index contributed by atoms with van der Waals surface area (Å²) in [5.41, 5.74) is -1.08. The van der Waals surface area contributed by atoms with Crippen molar-refractivity contribution in [2.75, 3.05) is 51.1 Å². The Labute approximate surface area is 175 Å². The number of hydrogen-bond acceptors (Lipinski definition) is 4. The van der Waals surface area contributed by atoms with Crippen LogP contribution in [0.2, 0.25) is 0 Å². The smallest absolute Gasteiger partial charge is 0.342 e. The van der Waals surface area contributed by atoms with E-state index in [1.165, 1.54) is 24.6 Å². The van der Waals surface area contributed by atoms with E-state index in [0.717, 1.165) is 32.0 Å². The zero-order valence-corrected chi connectivity index (χ0v) is 17.2. The minimum absolute atomic E-state index is 0.151.